The highest BCUT2D eigenvalue weighted by Gasteiger charge is 2.03. The van der Waals surface area contributed by atoms with E-state index in [1.807, 2.05) is 13.0 Å². The first-order chi connectivity index (χ1) is 9.65. The molecule has 0 bridgehead atoms. The van der Waals surface area contributed by atoms with Crippen molar-refractivity contribution in [1.29, 1.82) is 0 Å². The van der Waals surface area contributed by atoms with Gasteiger partial charge in [-0.1, -0.05) is 54.6 Å². The van der Waals surface area contributed by atoms with Crippen LogP contribution in [0.2, 0.25) is 0 Å². The smallest absolute Gasteiger partial charge is 0.0139 e. The molecule has 2 nitrogen and oxygen atoms in total. The summed E-state index contributed by atoms with van der Waals surface area (Å²) in [4.78, 5) is 2.29. The summed E-state index contributed by atoms with van der Waals surface area (Å²) in [6.45, 7) is 4.04. The van der Waals surface area contributed by atoms with Crippen LogP contribution in [-0.2, 0) is 6.42 Å². The molecule has 2 rings (SSSR count). The van der Waals surface area contributed by atoms with E-state index in [1.165, 1.54) is 16.7 Å². The van der Waals surface area contributed by atoms with Crippen LogP contribution in [0, 0.1) is 0 Å². The maximum Gasteiger partial charge on any atom is 0.0139 e. The van der Waals surface area contributed by atoms with Crippen LogP contribution < -0.4 is 5.73 Å². The van der Waals surface area contributed by atoms with Gasteiger partial charge < -0.3 is 10.6 Å². The Morgan fingerprint density at radius 1 is 0.950 bits per heavy atom. The average molecular weight is 268 g/mol. The van der Waals surface area contributed by atoms with Crippen LogP contribution in [0.4, 0.5) is 0 Å². The van der Waals surface area contributed by atoms with Gasteiger partial charge in [0.15, 0.2) is 0 Å². The Balaban J connectivity index is 1.92. The van der Waals surface area contributed by atoms with Crippen molar-refractivity contribution in [2.24, 2.45) is 5.73 Å². The predicted octanol–water partition coefficient (Wildman–Crippen LogP) is 3.18. The van der Waals surface area contributed by atoms with Crippen LogP contribution in [0.15, 0.2) is 54.6 Å². The maximum absolute atomic E-state index is 5.80. The van der Waals surface area contributed by atoms with Gasteiger partial charge in [0.2, 0.25) is 0 Å². The van der Waals surface area contributed by atoms with Crippen LogP contribution in [0.3, 0.4) is 0 Å². The van der Waals surface area contributed by atoms with Crippen molar-refractivity contribution in [2.45, 2.75) is 19.4 Å². The fourth-order valence-corrected chi connectivity index (χ4v) is 2.40. The second-order valence-corrected chi connectivity index (χ2v) is 5.55. The van der Waals surface area contributed by atoms with E-state index in [9.17, 15) is 0 Å². The second kappa shape index (κ2) is 7.22. The third-order valence-electron chi connectivity index (χ3n) is 3.44. The van der Waals surface area contributed by atoms with Crippen molar-refractivity contribution in [3.8, 4) is 11.1 Å². The molecule has 1 unspecified atom stereocenters. The predicted molar refractivity (Wildman–Crippen MR) is 86.7 cm³/mol. The highest BCUT2D eigenvalue weighted by Crippen LogP contribution is 2.19. The first-order valence-corrected chi connectivity index (χ1v) is 7.23. The van der Waals surface area contributed by atoms with Crippen molar-refractivity contribution in [2.75, 3.05) is 20.1 Å². The van der Waals surface area contributed by atoms with E-state index in [2.05, 4.69) is 60.5 Å². The molecule has 0 spiro atoms. The van der Waals surface area contributed by atoms with E-state index in [0.29, 0.717) is 0 Å². The van der Waals surface area contributed by atoms with Gasteiger partial charge in [0.25, 0.3) is 0 Å². The number of likely N-dealkylation sites (N-methyl/N-ethyl adjacent to an activating group) is 1. The lowest BCUT2D eigenvalue weighted by Crippen LogP contribution is -2.34. The minimum atomic E-state index is 0.237. The zero-order valence-electron chi connectivity index (χ0n) is 12.4. The van der Waals surface area contributed by atoms with Gasteiger partial charge in [0, 0.05) is 19.1 Å². The molecule has 0 aromatic heterocycles. The van der Waals surface area contributed by atoms with Crippen molar-refractivity contribution in [1.82, 2.24) is 4.90 Å². The standard InChI is InChI=1S/C18H24N2/c1-15(19)14-20(2)13-12-16-8-10-18(11-9-16)17-6-4-3-5-7-17/h3-11,15H,12-14,19H2,1-2H3. The molecule has 2 N–H and O–H groups in total. The second-order valence-electron chi connectivity index (χ2n) is 5.55. The molecule has 2 heteroatoms. The van der Waals surface area contributed by atoms with Crippen LogP contribution in [0.5, 0.6) is 0 Å². The molecule has 0 saturated heterocycles. The first-order valence-electron chi connectivity index (χ1n) is 7.23. The third-order valence-corrected chi connectivity index (χ3v) is 3.44. The largest absolute Gasteiger partial charge is 0.327 e. The number of benzene rings is 2. The van der Waals surface area contributed by atoms with Crippen LogP contribution in [-0.4, -0.2) is 31.1 Å². The first kappa shape index (κ1) is 14.8. The van der Waals surface area contributed by atoms with Crippen LogP contribution in [0.1, 0.15) is 12.5 Å². The molecule has 106 valence electrons. The van der Waals surface area contributed by atoms with Crippen LogP contribution in [0.25, 0.3) is 11.1 Å². The number of nitrogens with two attached hydrogens (primary N) is 1. The molecule has 0 aliphatic rings. The van der Waals surface area contributed by atoms with Gasteiger partial charge >= 0.3 is 0 Å². The molecule has 0 heterocycles. The molecule has 0 aliphatic heterocycles. The van der Waals surface area contributed by atoms with E-state index in [0.717, 1.165) is 19.5 Å². The summed E-state index contributed by atoms with van der Waals surface area (Å²) in [7, 11) is 2.13. The quantitative estimate of drug-likeness (QED) is 0.872. The van der Waals surface area contributed by atoms with Crippen LogP contribution >= 0.6 is 0 Å². The number of hydrogen-bond acceptors (Lipinski definition) is 2. The molecule has 0 fully saturated rings. The summed E-state index contributed by atoms with van der Waals surface area (Å²) in [5.41, 5.74) is 9.73. The number of hydrogen-bond donors (Lipinski definition) is 1. The topological polar surface area (TPSA) is 29.3 Å². The summed E-state index contributed by atoms with van der Waals surface area (Å²) in [6.07, 6.45) is 1.07. The average Bonchev–Trinajstić information content (AvgIpc) is 2.46. The van der Waals surface area contributed by atoms with Gasteiger partial charge in [-0.2, -0.15) is 0 Å². The molecule has 0 saturated carbocycles. The van der Waals surface area contributed by atoms with E-state index in [1.54, 1.807) is 0 Å². The molecule has 0 aliphatic carbocycles. The Morgan fingerprint density at radius 2 is 1.55 bits per heavy atom. The summed E-state index contributed by atoms with van der Waals surface area (Å²) < 4.78 is 0. The van der Waals surface area contributed by atoms with E-state index < -0.39 is 0 Å². The fourth-order valence-electron chi connectivity index (χ4n) is 2.40. The Morgan fingerprint density at radius 3 is 2.15 bits per heavy atom. The molecular formula is C18H24N2. The van der Waals surface area contributed by atoms with E-state index >= 15 is 0 Å². The molecule has 0 amide bonds. The van der Waals surface area contributed by atoms with E-state index in [-0.39, 0.29) is 6.04 Å². The zero-order valence-corrected chi connectivity index (χ0v) is 12.4. The normalized spacial score (nSPS) is 12.6. The number of nitrogens with zero attached hydrogens (tertiary/aromatic N) is 1. The van der Waals surface area contributed by atoms with Gasteiger partial charge in [-0.25, -0.2) is 0 Å². The van der Waals surface area contributed by atoms with Gasteiger partial charge in [-0.05, 0) is 37.1 Å². The highest BCUT2D eigenvalue weighted by atomic mass is 15.1. The maximum atomic E-state index is 5.80. The van der Waals surface area contributed by atoms with Gasteiger partial charge in [0.1, 0.15) is 0 Å². The van der Waals surface area contributed by atoms with Crippen molar-refractivity contribution in [3.63, 3.8) is 0 Å². The van der Waals surface area contributed by atoms with E-state index in [4.69, 9.17) is 5.73 Å². The highest BCUT2D eigenvalue weighted by molar-refractivity contribution is 5.63. The Labute approximate surface area is 122 Å². The van der Waals surface area contributed by atoms with Gasteiger partial charge in [-0.3, -0.25) is 0 Å². The molecule has 0 radical (unpaired) electrons. The number of rotatable bonds is 6. The fraction of sp³-hybridized carbons (Fsp3) is 0.333. The third kappa shape index (κ3) is 4.48. The summed E-state index contributed by atoms with van der Waals surface area (Å²) in [5, 5.41) is 0. The molecule has 2 aromatic rings. The van der Waals surface area contributed by atoms with Crippen molar-refractivity contribution >= 4 is 0 Å². The zero-order chi connectivity index (χ0) is 14.4. The molecular weight excluding hydrogens is 244 g/mol. The monoisotopic (exact) mass is 268 g/mol. The minimum Gasteiger partial charge on any atom is -0.327 e. The molecule has 1 atom stereocenters. The lowest BCUT2D eigenvalue weighted by molar-refractivity contribution is 0.321. The Hall–Kier alpha value is -1.64. The lowest BCUT2D eigenvalue weighted by atomic mass is 10.0. The Kier molecular flexibility index (Phi) is 5.33. The summed E-state index contributed by atoms with van der Waals surface area (Å²) >= 11 is 0. The molecule has 2 aromatic carbocycles. The summed E-state index contributed by atoms with van der Waals surface area (Å²) in [5.74, 6) is 0. The van der Waals surface area contributed by atoms with Gasteiger partial charge in [0.05, 0.1) is 0 Å². The lowest BCUT2D eigenvalue weighted by Gasteiger charge is -2.18. The van der Waals surface area contributed by atoms with Gasteiger partial charge in [-0.15, -0.1) is 0 Å². The minimum absolute atomic E-state index is 0.237. The Bertz CT molecular complexity index is 503. The van der Waals surface area contributed by atoms with Crippen molar-refractivity contribution < 1.29 is 0 Å². The summed E-state index contributed by atoms with van der Waals surface area (Å²) in [6, 6.07) is 19.6. The molecule has 20 heavy (non-hydrogen) atoms. The SMILES string of the molecule is CC(N)CN(C)CCc1ccc(-c2ccccc2)cc1. The van der Waals surface area contributed by atoms with Crippen molar-refractivity contribution in [3.05, 3.63) is 60.2 Å².